The summed E-state index contributed by atoms with van der Waals surface area (Å²) in [6.45, 7) is 2.03. The quantitative estimate of drug-likeness (QED) is 0.553. The van der Waals surface area contributed by atoms with E-state index in [0.29, 0.717) is 15.9 Å². The minimum Gasteiger partial charge on any atom is -0.325 e. The Bertz CT molecular complexity index is 1180. The minimum absolute atomic E-state index is 0.0826. The molecule has 0 aliphatic rings. The summed E-state index contributed by atoms with van der Waals surface area (Å²) >= 11 is 1.44. The number of aryl methyl sites for hydroxylation is 1. The maximum absolute atomic E-state index is 13.0. The second-order valence-corrected chi connectivity index (χ2v) is 7.33. The van der Waals surface area contributed by atoms with E-state index in [0.717, 1.165) is 17.5 Å². The first-order valence-corrected chi connectivity index (χ1v) is 9.94. The molecule has 4 aromatic rings. The number of thiophene rings is 1. The van der Waals surface area contributed by atoms with Gasteiger partial charge < -0.3 is 5.32 Å². The normalized spacial score (nSPS) is 10.9. The Morgan fingerprint density at radius 3 is 2.57 bits per heavy atom. The van der Waals surface area contributed by atoms with Crippen molar-refractivity contribution < 1.29 is 4.79 Å². The van der Waals surface area contributed by atoms with Gasteiger partial charge in [-0.3, -0.25) is 14.2 Å². The highest BCUT2D eigenvalue weighted by molar-refractivity contribution is 7.17. The summed E-state index contributed by atoms with van der Waals surface area (Å²) in [6, 6.07) is 17.4. The van der Waals surface area contributed by atoms with Crippen LogP contribution in [0.4, 0.5) is 5.69 Å². The van der Waals surface area contributed by atoms with Gasteiger partial charge >= 0.3 is 0 Å². The van der Waals surface area contributed by atoms with Crippen LogP contribution >= 0.6 is 11.3 Å². The van der Waals surface area contributed by atoms with E-state index >= 15 is 0 Å². The zero-order chi connectivity index (χ0) is 19.5. The average molecular weight is 389 g/mol. The molecule has 1 amide bonds. The van der Waals surface area contributed by atoms with Gasteiger partial charge in [0.25, 0.3) is 5.56 Å². The van der Waals surface area contributed by atoms with Crippen molar-refractivity contribution in [3.63, 3.8) is 0 Å². The highest BCUT2D eigenvalue weighted by Gasteiger charge is 2.15. The second-order valence-electron chi connectivity index (χ2n) is 6.47. The maximum Gasteiger partial charge on any atom is 0.263 e. The van der Waals surface area contributed by atoms with Crippen molar-refractivity contribution in [2.24, 2.45) is 0 Å². The van der Waals surface area contributed by atoms with Crippen LogP contribution in [-0.4, -0.2) is 15.5 Å². The van der Waals surface area contributed by atoms with E-state index in [1.165, 1.54) is 27.8 Å². The fourth-order valence-electron chi connectivity index (χ4n) is 3.09. The molecule has 0 saturated heterocycles. The van der Waals surface area contributed by atoms with E-state index in [9.17, 15) is 9.59 Å². The van der Waals surface area contributed by atoms with Crippen molar-refractivity contribution in [1.29, 1.82) is 0 Å². The van der Waals surface area contributed by atoms with Gasteiger partial charge in [0.2, 0.25) is 5.91 Å². The van der Waals surface area contributed by atoms with Crippen LogP contribution in [0.2, 0.25) is 0 Å². The van der Waals surface area contributed by atoms with Gasteiger partial charge in [-0.25, -0.2) is 4.98 Å². The van der Waals surface area contributed by atoms with Gasteiger partial charge in [-0.15, -0.1) is 11.3 Å². The number of anilines is 1. The summed E-state index contributed by atoms with van der Waals surface area (Å²) < 4.78 is 1.36. The zero-order valence-corrected chi connectivity index (χ0v) is 16.2. The number of hydrogen-bond acceptors (Lipinski definition) is 4. The van der Waals surface area contributed by atoms with E-state index in [1.807, 2.05) is 35.7 Å². The molecule has 0 fully saturated rings. The molecule has 0 saturated carbocycles. The molecule has 6 heteroatoms. The van der Waals surface area contributed by atoms with Gasteiger partial charge in [-0.1, -0.05) is 49.4 Å². The average Bonchev–Trinajstić information content (AvgIpc) is 3.16. The first-order valence-electron chi connectivity index (χ1n) is 9.06. The molecule has 28 heavy (non-hydrogen) atoms. The van der Waals surface area contributed by atoms with Crippen molar-refractivity contribution in [1.82, 2.24) is 9.55 Å². The number of nitrogens with zero attached hydrogens (tertiary/aromatic N) is 2. The van der Waals surface area contributed by atoms with Gasteiger partial charge in [-0.2, -0.15) is 0 Å². The molecular weight excluding hydrogens is 370 g/mol. The van der Waals surface area contributed by atoms with Crippen LogP contribution in [0.15, 0.2) is 71.1 Å². The van der Waals surface area contributed by atoms with E-state index in [2.05, 4.69) is 29.4 Å². The Hall–Kier alpha value is -3.25. The number of hydrogen-bond donors (Lipinski definition) is 1. The van der Waals surface area contributed by atoms with Gasteiger partial charge in [-0.05, 0) is 29.7 Å². The maximum atomic E-state index is 13.0. The van der Waals surface area contributed by atoms with E-state index < -0.39 is 0 Å². The van der Waals surface area contributed by atoms with E-state index in [4.69, 9.17) is 0 Å². The van der Waals surface area contributed by atoms with Gasteiger partial charge in [0.1, 0.15) is 11.4 Å². The Morgan fingerprint density at radius 2 is 1.86 bits per heavy atom. The number of fused-ring (bicyclic) bond motifs is 1. The Balaban J connectivity index is 1.66. The molecule has 0 unspecified atom stereocenters. The first kappa shape index (κ1) is 18.1. The lowest BCUT2D eigenvalue weighted by Crippen LogP contribution is -2.27. The molecule has 0 bridgehead atoms. The zero-order valence-electron chi connectivity index (χ0n) is 15.4. The summed E-state index contributed by atoms with van der Waals surface area (Å²) in [5.41, 5.74) is 3.58. The van der Waals surface area contributed by atoms with Crippen LogP contribution in [0.1, 0.15) is 12.5 Å². The first-order chi connectivity index (χ1) is 13.7. The van der Waals surface area contributed by atoms with Gasteiger partial charge in [0, 0.05) is 16.6 Å². The van der Waals surface area contributed by atoms with Crippen molar-refractivity contribution >= 4 is 33.1 Å². The number of para-hydroxylation sites is 1. The van der Waals surface area contributed by atoms with Crippen LogP contribution in [-0.2, 0) is 17.8 Å². The lowest BCUT2D eigenvalue weighted by Gasteiger charge is -2.08. The predicted octanol–water partition coefficient (Wildman–Crippen LogP) is 4.33. The number of rotatable bonds is 5. The molecule has 1 N–H and O–H groups in total. The molecule has 0 aliphatic carbocycles. The number of nitrogens with one attached hydrogen (secondary N) is 1. The highest BCUT2D eigenvalue weighted by atomic mass is 32.1. The van der Waals surface area contributed by atoms with Crippen LogP contribution in [0, 0.1) is 0 Å². The topological polar surface area (TPSA) is 64.0 Å². The summed E-state index contributed by atoms with van der Waals surface area (Å²) in [4.78, 5) is 30.4. The molecule has 4 rings (SSSR count). The summed E-state index contributed by atoms with van der Waals surface area (Å²) in [7, 11) is 0. The molecule has 2 aromatic heterocycles. The lowest BCUT2D eigenvalue weighted by molar-refractivity contribution is -0.116. The Labute approximate surface area is 166 Å². The van der Waals surface area contributed by atoms with Crippen LogP contribution in [0.3, 0.4) is 0 Å². The van der Waals surface area contributed by atoms with Crippen molar-refractivity contribution in [3.8, 4) is 11.1 Å². The standard InChI is InChI=1S/C22H19N3O2S/c1-2-15-8-10-16(11-9-15)18-13-28-21-20(18)22(27)25(14-23-21)12-19(26)24-17-6-4-3-5-7-17/h3-11,13-14H,2,12H2,1H3,(H,24,26). The van der Waals surface area contributed by atoms with Gasteiger partial charge in [0.05, 0.1) is 11.7 Å². The smallest absolute Gasteiger partial charge is 0.263 e. The minimum atomic E-state index is -0.265. The number of carbonyl (C=O) groups excluding carboxylic acids is 1. The van der Waals surface area contributed by atoms with Gasteiger partial charge in [0.15, 0.2) is 0 Å². The molecule has 2 aromatic carbocycles. The van der Waals surface area contributed by atoms with E-state index in [1.54, 1.807) is 12.1 Å². The lowest BCUT2D eigenvalue weighted by atomic mass is 10.0. The third-order valence-electron chi connectivity index (χ3n) is 4.61. The number of amides is 1. The van der Waals surface area contributed by atoms with Crippen molar-refractivity contribution in [2.75, 3.05) is 5.32 Å². The van der Waals surface area contributed by atoms with Crippen LogP contribution in [0.25, 0.3) is 21.3 Å². The molecular formula is C22H19N3O2S. The Kier molecular flexibility index (Phi) is 5.04. The number of benzene rings is 2. The molecule has 0 radical (unpaired) electrons. The van der Waals surface area contributed by atoms with E-state index in [-0.39, 0.29) is 18.0 Å². The summed E-state index contributed by atoms with van der Waals surface area (Å²) in [5.74, 6) is -0.265. The molecule has 0 atom stereocenters. The van der Waals surface area contributed by atoms with Crippen molar-refractivity contribution in [3.05, 3.63) is 82.2 Å². The number of carbonyl (C=O) groups is 1. The van der Waals surface area contributed by atoms with Crippen LogP contribution in [0.5, 0.6) is 0 Å². The Morgan fingerprint density at radius 1 is 1.11 bits per heavy atom. The third-order valence-corrected chi connectivity index (χ3v) is 5.49. The van der Waals surface area contributed by atoms with Crippen molar-refractivity contribution in [2.45, 2.75) is 19.9 Å². The fraction of sp³-hybridized carbons (Fsp3) is 0.136. The molecule has 0 aliphatic heterocycles. The molecule has 140 valence electrons. The second kappa shape index (κ2) is 7.78. The largest absolute Gasteiger partial charge is 0.325 e. The van der Waals surface area contributed by atoms with Crippen LogP contribution < -0.4 is 10.9 Å². The monoisotopic (exact) mass is 389 g/mol. The number of aromatic nitrogens is 2. The molecule has 0 spiro atoms. The SMILES string of the molecule is CCc1ccc(-c2csc3ncn(CC(=O)Nc4ccccc4)c(=O)c23)cc1. The summed E-state index contributed by atoms with van der Waals surface area (Å²) in [6.07, 6.45) is 2.41. The predicted molar refractivity (Wildman–Crippen MR) is 114 cm³/mol. The fourth-order valence-corrected chi connectivity index (χ4v) is 4.00. The molecule has 2 heterocycles. The third kappa shape index (κ3) is 3.59. The molecule has 5 nitrogen and oxygen atoms in total. The summed E-state index contributed by atoms with van der Waals surface area (Å²) in [5, 5.41) is 5.31. The highest BCUT2D eigenvalue weighted by Crippen LogP contribution is 2.30.